The van der Waals surface area contributed by atoms with E-state index in [2.05, 4.69) is 4.98 Å². The third-order valence-corrected chi connectivity index (χ3v) is 5.46. The molecule has 0 spiro atoms. The van der Waals surface area contributed by atoms with Crippen molar-refractivity contribution < 1.29 is 14.6 Å². The first-order valence-corrected chi connectivity index (χ1v) is 8.64. The van der Waals surface area contributed by atoms with Gasteiger partial charge in [-0.15, -0.1) is 0 Å². The molecule has 3 rings (SSSR count). The van der Waals surface area contributed by atoms with Gasteiger partial charge in [0.05, 0.1) is 24.3 Å². The summed E-state index contributed by atoms with van der Waals surface area (Å²) in [5.74, 6) is 0.111. The number of rotatable bonds is 5. The minimum Gasteiger partial charge on any atom is -0.393 e. The van der Waals surface area contributed by atoms with Crippen LogP contribution in [0.4, 0.5) is 0 Å². The molecule has 2 aliphatic rings. The monoisotopic (exact) mass is 333 g/mol. The van der Waals surface area contributed by atoms with Crippen LogP contribution in [0.1, 0.15) is 31.2 Å². The average Bonchev–Trinajstić information content (AvgIpc) is 2.95. The second-order valence-electron chi connectivity index (χ2n) is 7.08. The Kier molecular flexibility index (Phi) is 5.18. The van der Waals surface area contributed by atoms with E-state index in [9.17, 15) is 9.90 Å². The summed E-state index contributed by atoms with van der Waals surface area (Å²) < 4.78 is 5.81. The van der Waals surface area contributed by atoms with Gasteiger partial charge in [0.15, 0.2) is 0 Å². The zero-order chi connectivity index (χ0) is 17.2. The van der Waals surface area contributed by atoms with Crippen molar-refractivity contribution in [3.8, 4) is 0 Å². The molecule has 3 atom stereocenters. The average molecular weight is 333 g/mol. The van der Waals surface area contributed by atoms with E-state index in [1.54, 1.807) is 13.3 Å². The van der Waals surface area contributed by atoms with Crippen LogP contribution in [-0.2, 0) is 16.1 Å². The van der Waals surface area contributed by atoms with E-state index >= 15 is 0 Å². The summed E-state index contributed by atoms with van der Waals surface area (Å²) >= 11 is 0. The molecule has 1 saturated carbocycles. The van der Waals surface area contributed by atoms with Crippen LogP contribution in [0.3, 0.4) is 0 Å². The number of aromatic nitrogens is 1. The molecule has 132 valence electrons. The van der Waals surface area contributed by atoms with Crippen LogP contribution in [0, 0.1) is 0 Å². The highest BCUT2D eigenvalue weighted by Crippen LogP contribution is 2.42. The Hall–Kier alpha value is -1.50. The number of ether oxygens (including phenoxy) is 1. The quantitative estimate of drug-likeness (QED) is 0.872. The first-order valence-electron chi connectivity index (χ1n) is 8.64. The molecular formula is C18H27N3O3. The van der Waals surface area contributed by atoms with E-state index in [1.165, 1.54) is 0 Å². The van der Waals surface area contributed by atoms with E-state index in [1.807, 2.05) is 35.2 Å². The summed E-state index contributed by atoms with van der Waals surface area (Å²) in [6, 6.07) is 3.91. The van der Waals surface area contributed by atoms with Gasteiger partial charge in [0.25, 0.3) is 0 Å². The topological polar surface area (TPSA) is 65.9 Å². The summed E-state index contributed by atoms with van der Waals surface area (Å²) in [6.07, 6.45) is 6.30. The summed E-state index contributed by atoms with van der Waals surface area (Å²) in [5.41, 5.74) is 0.824. The molecule has 0 aromatic carbocycles. The van der Waals surface area contributed by atoms with Crippen LogP contribution < -0.4 is 0 Å². The maximum atomic E-state index is 12.8. The van der Waals surface area contributed by atoms with Crippen molar-refractivity contribution in [2.45, 2.75) is 50.0 Å². The third kappa shape index (κ3) is 3.45. The summed E-state index contributed by atoms with van der Waals surface area (Å²) in [6.45, 7) is 1.77. The molecule has 6 nitrogen and oxygen atoms in total. The Labute approximate surface area is 143 Å². The van der Waals surface area contributed by atoms with Crippen molar-refractivity contribution in [1.29, 1.82) is 0 Å². The lowest BCUT2D eigenvalue weighted by molar-refractivity contribution is -0.140. The standard InChI is InChI=1S/C18H27N3O3/c1-20(12-14-4-3-8-19-11-14)13-17(23)21-9-7-18(24-2)6-5-15(22)10-16(18)21/h3-4,8,11,15-16,22H,5-7,9-10,12-13H2,1-2H3/t15-,16+,18-/m1/s1. The normalized spacial score (nSPS) is 29.8. The molecule has 24 heavy (non-hydrogen) atoms. The number of carbonyl (C=O) groups is 1. The molecule has 2 heterocycles. The van der Waals surface area contributed by atoms with Crippen molar-refractivity contribution in [1.82, 2.24) is 14.8 Å². The van der Waals surface area contributed by atoms with Crippen molar-refractivity contribution in [3.63, 3.8) is 0 Å². The summed E-state index contributed by atoms with van der Waals surface area (Å²) in [4.78, 5) is 20.8. The van der Waals surface area contributed by atoms with Crippen LogP contribution in [0.15, 0.2) is 24.5 Å². The van der Waals surface area contributed by atoms with E-state index in [-0.39, 0.29) is 23.7 Å². The fraction of sp³-hybridized carbons (Fsp3) is 0.667. The predicted molar refractivity (Wildman–Crippen MR) is 90.3 cm³/mol. The molecule has 1 aromatic heterocycles. The van der Waals surface area contributed by atoms with Gasteiger partial charge in [-0.2, -0.15) is 0 Å². The molecule has 1 amide bonds. The third-order valence-electron chi connectivity index (χ3n) is 5.46. The van der Waals surface area contributed by atoms with Gasteiger partial charge in [-0.1, -0.05) is 6.07 Å². The Bertz CT molecular complexity index is 568. The smallest absolute Gasteiger partial charge is 0.237 e. The number of nitrogens with zero attached hydrogens (tertiary/aromatic N) is 3. The fourth-order valence-electron chi connectivity index (χ4n) is 4.16. The molecule has 1 aliphatic carbocycles. The number of aliphatic hydroxyl groups excluding tert-OH is 1. The van der Waals surface area contributed by atoms with E-state index in [4.69, 9.17) is 4.74 Å². The van der Waals surface area contributed by atoms with Crippen LogP contribution in [0.25, 0.3) is 0 Å². The number of amides is 1. The Balaban J connectivity index is 1.62. The van der Waals surface area contributed by atoms with Gasteiger partial charge in [-0.05, 0) is 44.4 Å². The minimum absolute atomic E-state index is 0.00876. The second kappa shape index (κ2) is 7.17. The Morgan fingerprint density at radius 3 is 3.08 bits per heavy atom. The van der Waals surface area contributed by atoms with Gasteiger partial charge >= 0.3 is 0 Å². The largest absolute Gasteiger partial charge is 0.393 e. The lowest BCUT2D eigenvalue weighted by atomic mass is 9.79. The first-order chi connectivity index (χ1) is 11.5. The van der Waals surface area contributed by atoms with E-state index in [0.717, 1.165) is 24.8 Å². The number of likely N-dealkylation sites (N-methyl/N-ethyl adjacent to an activating group) is 1. The molecular weight excluding hydrogens is 306 g/mol. The lowest BCUT2D eigenvalue weighted by Gasteiger charge is -2.42. The number of aliphatic hydroxyl groups is 1. The van der Waals surface area contributed by atoms with Crippen molar-refractivity contribution >= 4 is 5.91 Å². The maximum absolute atomic E-state index is 12.8. The van der Waals surface area contributed by atoms with Gasteiger partial charge in [-0.3, -0.25) is 14.7 Å². The lowest BCUT2D eigenvalue weighted by Crippen LogP contribution is -2.54. The van der Waals surface area contributed by atoms with Crippen molar-refractivity contribution in [2.75, 3.05) is 27.2 Å². The number of carbonyl (C=O) groups excluding carboxylic acids is 1. The molecule has 1 aliphatic heterocycles. The molecule has 6 heteroatoms. The zero-order valence-electron chi connectivity index (χ0n) is 14.5. The molecule has 1 aromatic rings. The molecule has 0 bridgehead atoms. The van der Waals surface area contributed by atoms with Crippen LogP contribution in [-0.4, -0.2) is 70.8 Å². The number of methoxy groups -OCH3 is 1. The highest BCUT2D eigenvalue weighted by Gasteiger charge is 2.52. The Morgan fingerprint density at radius 2 is 2.38 bits per heavy atom. The molecule has 0 radical (unpaired) electrons. The van der Waals surface area contributed by atoms with Crippen molar-refractivity contribution in [2.24, 2.45) is 0 Å². The minimum atomic E-state index is -0.334. The SMILES string of the molecule is CO[C@@]12CC[C@@H](O)C[C@@H]1N(C(=O)CN(C)Cc1cccnc1)CC2. The summed E-state index contributed by atoms with van der Waals surface area (Å²) in [5, 5.41) is 10.0. The van der Waals surface area contributed by atoms with Gasteiger partial charge in [0.1, 0.15) is 0 Å². The molecule has 2 fully saturated rings. The zero-order valence-corrected chi connectivity index (χ0v) is 14.5. The number of hydrogen-bond acceptors (Lipinski definition) is 5. The van der Waals surface area contributed by atoms with Crippen molar-refractivity contribution in [3.05, 3.63) is 30.1 Å². The molecule has 1 saturated heterocycles. The van der Waals surface area contributed by atoms with Gasteiger partial charge < -0.3 is 14.7 Å². The van der Waals surface area contributed by atoms with Gasteiger partial charge in [0.2, 0.25) is 5.91 Å². The van der Waals surface area contributed by atoms with E-state index < -0.39 is 0 Å². The first kappa shape index (κ1) is 17.3. The molecule has 0 unspecified atom stereocenters. The van der Waals surface area contributed by atoms with E-state index in [0.29, 0.717) is 26.1 Å². The maximum Gasteiger partial charge on any atom is 0.237 e. The second-order valence-corrected chi connectivity index (χ2v) is 7.08. The van der Waals surface area contributed by atoms with Crippen LogP contribution in [0.2, 0.25) is 0 Å². The van der Waals surface area contributed by atoms with Crippen LogP contribution >= 0.6 is 0 Å². The Morgan fingerprint density at radius 1 is 1.54 bits per heavy atom. The summed E-state index contributed by atoms with van der Waals surface area (Å²) in [7, 11) is 3.67. The number of likely N-dealkylation sites (tertiary alicyclic amines) is 1. The van der Waals surface area contributed by atoms with Gasteiger partial charge in [-0.25, -0.2) is 0 Å². The van der Waals surface area contributed by atoms with Gasteiger partial charge in [0, 0.05) is 32.6 Å². The highest BCUT2D eigenvalue weighted by molar-refractivity contribution is 5.79. The number of pyridine rings is 1. The fourth-order valence-corrected chi connectivity index (χ4v) is 4.16. The molecule has 1 N–H and O–H groups in total. The van der Waals surface area contributed by atoms with Crippen LogP contribution in [0.5, 0.6) is 0 Å². The predicted octanol–water partition coefficient (Wildman–Crippen LogP) is 1.04. The number of fused-ring (bicyclic) bond motifs is 1. The number of hydrogen-bond donors (Lipinski definition) is 1. The highest BCUT2D eigenvalue weighted by atomic mass is 16.5.